The fourth-order valence-corrected chi connectivity index (χ4v) is 6.25. The number of aromatic nitrogens is 2. The molecular weight excluding hydrogens is 681 g/mol. The van der Waals surface area contributed by atoms with Crippen LogP contribution in [0.15, 0.2) is 39.9 Å². The zero-order valence-electron chi connectivity index (χ0n) is 29.4. The lowest BCUT2D eigenvalue weighted by molar-refractivity contribution is -0.154. The summed E-state index contributed by atoms with van der Waals surface area (Å²) in [5.74, 6) is -1.57. The van der Waals surface area contributed by atoms with E-state index >= 15 is 0 Å². The Labute approximate surface area is 299 Å². The van der Waals surface area contributed by atoms with E-state index in [0.717, 1.165) is 5.56 Å². The summed E-state index contributed by atoms with van der Waals surface area (Å²) in [6.07, 6.45) is -1.73. The zero-order chi connectivity index (χ0) is 37.6. The van der Waals surface area contributed by atoms with E-state index in [1.165, 1.54) is 6.07 Å². The molecule has 0 spiro atoms. The Morgan fingerprint density at radius 1 is 0.923 bits per heavy atom. The molecule has 2 fully saturated rings. The van der Waals surface area contributed by atoms with Crippen LogP contribution in [0.4, 0.5) is 36.2 Å². The van der Waals surface area contributed by atoms with E-state index in [2.05, 4.69) is 32.0 Å². The normalized spacial score (nSPS) is 16.6. The molecule has 5 rings (SSSR count). The van der Waals surface area contributed by atoms with Crippen LogP contribution in [0, 0.1) is 17.2 Å². The molecule has 2 aliphatic rings. The lowest BCUT2D eigenvalue weighted by atomic mass is 9.93. The SMILES string of the molecule is CC(C)(C)OC(=O)CCNc1c(NCCC2CCN(c3cc(N4CC[C@H]4C(=O)NCCc4ccc(C#N)cc4)nc(C(F)(F)F)n3)CC2)c(=O)c1=O. The fraction of sp³-hybridized carbons (Fsp3) is 0.528. The molecule has 2 aromatic carbocycles. The van der Waals surface area contributed by atoms with Crippen molar-refractivity contribution in [3.63, 3.8) is 0 Å². The van der Waals surface area contributed by atoms with E-state index in [1.54, 1.807) is 42.7 Å². The van der Waals surface area contributed by atoms with Gasteiger partial charge in [-0.3, -0.25) is 19.2 Å². The molecular formula is C36H43F3N8O5. The Balaban J connectivity index is 1.12. The molecule has 0 aliphatic carbocycles. The van der Waals surface area contributed by atoms with Crippen molar-refractivity contribution in [3.8, 4) is 6.07 Å². The second kappa shape index (κ2) is 16.0. The largest absolute Gasteiger partial charge is 0.460 e. The first-order chi connectivity index (χ1) is 24.6. The van der Waals surface area contributed by atoms with Crippen LogP contribution in [-0.2, 0) is 26.9 Å². The molecule has 0 bridgehead atoms. The van der Waals surface area contributed by atoms with Crippen LogP contribution >= 0.6 is 0 Å². The standard InChI is InChI=1S/C36H43F3N8O5/c1-35(2,3)52-28(48)10-16-42-30-29(31(49)32(30)50)41-14-8-23-11-17-46(18-12-23)26-20-27(45-34(44-26)36(37,38)39)47-19-13-25(47)33(51)43-15-9-22-4-6-24(21-40)7-5-22/h4-7,20,23,25,41-42H,8-19H2,1-3H3,(H,43,51)/t25-/m0/s1. The van der Waals surface area contributed by atoms with Gasteiger partial charge in [0, 0.05) is 45.3 Å². The van der Waals surface area contributed by atoms with Crippen LogP contribution in [0.1, 0.15) is 69.8 Å². The molecule has 3 heterocycles. The number of carbonyl (C=O) groups excluding carboxylic acids is 2. The van der Waals surface area contributed by atoms with Crippen LogP contribution in [0.2, 0.25) is 0 Å². The first-order valence-corrected chi connectivity index (χ1v) is 17.4. The van der Waals surface area contributed by atoms with Crippen molar-refractivity contribution in [2.45, 2.75) is 77.1 Å². The summed E-state index contributed by atoms with van der Waals surface area (Å²) in [7, 11) is 0. The lowest BCUT2D eigenvalue weighted by Crippen LogP contribution is -2.57. The number of benzene rings is 1. The minimum Gasteiger partial charge on any atom is -0.460 e. The van der Waals surface area contributed by atoms with Crippen molar-refractivity contribution in [1.82, 2.24) is 15.3 Å². The number of nitrogens with zero attached hydrogens (tertiary/aromatic N) is 5. The molecule has 1 amide bonds. The molecule has 16 heteroatoms. The van der Waals surface area contributed by atoms with Gasteiger partial charge < -0.3 is 30.5 Å². The highest BCUT2D eigenvalue weighted by molar-refractivity contribution is 5.86. The highest BCUT2D eigenvalue weighted by Crippen LogP contribution is 2.34. The number of rotatable bonds is 14. The number of hydrogen-bond acceptors (Lipinski definition) is 12. The van der Waals surface area contributed by atoms with Gasteiger partial charge in [0.1, 0.15) is 34.7 Å². The Kier molecular flexibility index (Phi) is 11.7. The highest BCUT2D eigenvalue weighted by atomic mass is 19.4. The average Bonchev–Trinajstić information content (AvgIpc) is 3.07. The number of alkyl halides is 3. The minimum absolute atomic E-state index is 0.0301. The number of piperidine rings is 1. The molecule has 3 aromatic rings. The Bertz CT molecular complexity index is 1850. The quantitative estimate of drug-likeness (QED) is 0.163. The number of nitrogens with one attached hydrogen (secondary N) is 3. The second-order valence-electron chi connectivity index (χ2n) is 14.1. The molecule has 2 saturated heterocycles. The van der Waals surface area contributed by atoms with Crippen LogP contribution in [0.5, 0.6) is 0 Å². The van der Waals surface area contributed by atoms with Crippen molar-refractivity contribution in [2.75, 3.05) is 59.7 Å². The molecule has 2 aliphatic heterocycles. The maximum Gasteiger partial charge on any atom is 0.451 e. The van der Waals surface area contributed by atoms with Gasteiger partial charge in [0.25, 0.3) is 10.9 Å². The lowest BCUT2D eigenvalue weighted by Gasteiger charge is -2.41. The summed E-state index contributed by atoms with van der Waals surface area (Å²) >= 11 is 0. The van der Waals surface area contributed by atoms with E-state index in [9.17, 15) is 32.3 Å². The second-order valence-corrected chi connectivity index (χ2v) is 14.1. The summed E-state index contributed by atoms with van der Waals surface area (Å²) in [5.41, 5.74) is -0.0860. The van der Waals surface area contributed by atoms with Crippen molar-refractivity contribution in [3.05, 3.63) is 67.7 Å². The molecule has 1 aromatic heterocycles. The average molecular weight is 725 g/mol. The van der Waals surface area contributed by atoms with Gasteiger partial charge >= 0.3 is 12.1 Å². The summed E-state index contributed by atoms with van der Waals surface area (Å²) in [4.78, 5) is 60.2. The zero-order valence-corrected chi connectivity index (χ0v) is 29.4. The predicted octanol–water partition coefficient (Wildman–Crippen LogP) is 3.76. The number of hydrogen-bond donors (Lipinski definition) is 3. The van der Waals surface area contributed by atoms with Gasteiger partial charge in [-0.2, -0.15) is 18.4 Å². The Morgan fingerprint density at radius 2 is 1.56 bits per heavy atom. The summed E-state index contributed by atoms with van der Waals surface area (Å²) < 4.78 is 47.1. The highest BCUT2D eigenvalue weighted by Gasteiger charge is 2.40. The van der Waals surface area contributed by atoms with Crippen molar-refractivity contribution >= 4 is 34.9 Å². The number of amides is 1. The maximum absolute atomic E-state index is 13.9. The van der Waals surface area contributed by atoms with Crippen LogP contribution < -0.4 is 36.6 Å². The number of carbonyl (C=O) groups is 2. The first-order valence-electron chi connectivity index (χ1n) is 17.4. The molecule has 3 N–H and O–H groups in total. The van der Waals surface area contributed by atoms with E-state index in [0.29, 0.717) is 70.4 Å². The summed E-state index contributed by atoms with van der Waals surface area (Å²) in [6, 6.07) is 9.93. The van der Waals surface area contributed by atoms with Crippen molar-refractivity contribution in [1.29, 1.82) is 5.26 Å². The molecule has 1 atom stereocenters. The molecule has 13 nitrogen and oxygen atoms in total. The number of esters is 1. The number of anilines is 4. The van der Waals surface area contributed by atoms with Gasteiger partial charge in [0.05, 0.1) is 18.1 Å². The number of halogens is 3. The van der Waals surface area contributed by atoms with Gasteiger partial charge in [-0.25, -0.2) is 9.97 Å². The van der Waals surface area contributed by atoms with E-state index in [4.69, 9.17) is 10.00 Å². The fourth-order valence-electron chi connectivity index (χ4n) is 6.25. The van der Waals surface area contributed by atoms with Crippen molar-refractivity contribution in [2.24, 2.45) is 5.92 Å². The van der Waals surface area contributed by atoms with E-state index in [-0.39, 0.29) is 47.8 Å². The van der Waals surface area contributed by atoms with Gasteiger partial charge in [-0.05, 0) is 76.5 Å². The number of ether oxygens (including phenoxy) is 1. The third-order valence-electron chi connectivity index (χ3n) is 9.12. The van der Waals surface area contributed by atoms with Crippen LogP contribution in [0.3, 0.4) is 0 Å². The molecule has 52 heavy (non-hydrogen) atoms. The first kappa shape index (κ1) is 38.0. The Morgan fingerprint density at radius 3 is 2.13 bits per heavy atom. The summed E-state index contributed by atoms with van der Waals surface area (Å²) in [5, 5.41) is 17.7. The molecule has 278 valence electrons. The van der Waals surface area contributed by atoms with E-state index < -0.39 is 40.5 Å². The van der Waals surface area contributed by atoms with Crippen molar-refractivity contribution < 1.29 is 27.5 Å². The Hall–Kier alpha value is -5.20. The smallest absolute Gasteiger partial charge is 0.451 e. The van der Waals surface area contributed by atoms with Gasteiger partial charge in [-0.1, -0.05) is 12.1 Å². The molecule has 0 radical (unpaired) electrons. The number of nitriles is 1. The minimum atomic E-state index is -4.78. The van der Waals surface area contributed by atoms with Gasteiger partial charge in [0.2, 0.25) is 11.7 Å². The van der Waals surface area contributed by atoms with Gasteiger partial charge in [-0.15, -0.1) is 0 Å². The predicted molar refractivity (Wildman–Crippen MR) is 189 cm³/mol. The summed E-state index contributed by atoms with van der Waals surface area (Å²) in [6.45, 7) is 7.45. The van der Waals surface area contributed by atoms with Gasteiger partial charge in [0.15, 0.2) is 0 Å². The maximum atomic E-state index is 13.9. The third kappa shape index (κ3) is 9.56. The monoisotopic (exact) mass is 724 g/mol. The molecule has 0 unspecified atom stereocenters. The molecule has 0 saturated carbocycles. The van der Waals surface area contributed by atoms with Crippen LogP contribution in [-0.4, -0.2) is 72.8 Å². The topological polar surface area (TPSA) is 170 Å². The van der Waals surface area contributed by atoms with Crippen LogP contribution in [0.25, 0.3) is 0 Å². The third-order valence-corrected chi connectivity index (χ3v) is 9.12. The van der Waals surface area contributed by atoms with E-state index in [1.807, 2.05) is 12.1 Å².